The molecule has 2 aromatic carbocycles. The van der Waals surface area contributed by atoms with Crippen molar-refractivity contribution < 1.29 is 9.53 Å². The van der Waals surface area contributed by atoms with Gasteiger partial charge in [-0.15, -0.1) is 6.58 Å². The average molecular weight is 280 g/mol. The molecule has 2 heteroatoms. The maximum atomic E-state index is 11.3. The minimum absolute atomic E-state index is 0.554. The van der Waals surface area contributed by atoms with Crippen LogP contribution >= 0.6 is 0 Å². The van der Waals surface area contributed by atoms with Crippen molar-refractivity contribution in [3.8, 4) is 5.75 Å². The SMILES string of the molecule is C=CCc1cc(C)cc(C=O)c1OCCc1ccccc1. The van der Waals surface area contributed by atoms with Gasteiger partial charge in [0.05, 0.1) is 12.2 Å². The van der Waals surface area contributed by atoms with E-state index in [0.29, 0.717) is 24.3 Å². The first-order chi connectivity index (χ1) is 10.2. The van der Waals surface area contributed by atoms with Crippen LogP contribution < -0.4 is 4.74 Å². The molecule has 0 aliphatic heterocycles. The van der Waals surface area contributed by atoms with E-state index < -0.39 is 0 Å². The lowest BCUT2D eigenvalue weighted by Crippen LogP contribution is -2.06. The quantitative estimate of drug-likeness (QED) is 0.562. The zero-order valence-electron chi connectivity index (χ0n) is 12.3. The van der Waals surface area contributed by atoms with Gasteiger partial charge in [-0.05, 0) is 36.1 Å². The fourth-order valence-corrected chi connectivity index (χ4v) is 2.36. The largest absolute Gasteiger partial charge is 0.492 e. The smallest absolute Gasteiger partial charge is 0.153 e. The topological polar surface area (TPSA) is 26.3 Å². The molecule has 0 atom stereocenters. The Kier molecular flexibility index (Phi) is 5.33. The van der Waals surface area contributed by atoms with Crippen LogP contribution in [-0.4, -0.2) is 12.9 Å². The first kappa shape index (κ1) is 15.0. The molecule has 0 unspecified atom stereocenters. The molecule has 0 bridgehead atoms. The molecule has 0 aliphatic rings. The normalized spacial score (nSPS) is 10.1. The molecule has 108 valence electrons. The van der Waals surface area contributed by atoms with Crippen LogP contribution in [0.2, 0.25) is 0 Å². The highest BCUT2D eigenvalue weighted by atomic mass is 16.5. The summed E-state index contributed by atoms with van der Waals surface area (Å²) >= 11 is 0. The van der Waals surface area contributed by atoms with Crippen molar-refractivity contribution in [1.82, 2.24) is 0 Å². The van der Waals surface area contributed by atoms with Crippen LogP contribution in [-0.2, 0) is 12.8 Å². The highest BCUT2D eigenvalue weighted by Gasteiger charge is 2.10. The van der Waals surface area contributed by atoms with E-state index in [0.717, 1.165) is 23.8 Å². The first-order valence-corrected chi connectivity index (χ1v) is 7.11. The van der Waals surface area contributed by atoms with Gasteiger partial charge in [0, 0.05) is 6.42 Å². The lowest BCUT2D eigenvalue weighted by atomic mass is 10.0. The number of aldehydes is 1. The fraction of sp³-hybridized carbons (Fsp3) is 0.211. The second kappa shape index (κ2) is 7.44. The molecule has 2 aromatic rings. The lowest BCUT2D eigenvalue weighted by Gasteiger charge is -2.14. The number of aryl methyl sites for hydroxylation is 1. The number of rotatable bonds is 7. The molecule has 2 nitrogen and oxygen atoms in total. The monoisotopic (exact) mass is 280 g/mol. The molecule has 2 rings (SSSR count). The van der Waals surface area contributed by atoms with Gasteiger partial charge in [-0.1, -0.05) is 42.5 Å². The molecule has 0 spiro atoms. The number of carbonyl (C=O) groups excluding carboxylic acids is 1. The van der Waals surface area contributed by atoms with Crippen LogP contribution in [0.25, 0.3) is 0 Å². The summed E-state index contributed by atoms with van der Waals surface area (Å²) in [5.41, 5.74) is 3.91. The van der Waals surface area contributed by atoms with Crippen LogP contribution in [0.3, 0.4) is 0 Å². The molecule has 0 aliphatic carbocycles. The van der Waals surface area contributed by atoms with Gasteiger partial charge in [-0.2, -0.15) is 0 Å². The van der Waals surface area contributed by atoms with Crippen LogP contribution in [0.5, 0.6) is 5.75 Å². The average Bonchev–Trinajstić information content (AvgIpc) is 2.50. The highest BCUT2D eigenvalue weighted by molar-refractivity contribution is 5.80. The Morgan fingerprint density at radius 1 is 1.19 bits per heavy atom. The van der Waals surface area contributed by atoms with Crippen LogP contribution in [0.4, 0.5) is 0 Å². The molecule has 0 aromatic heterocycles. The summed E-state index contributed by atoms with van der Waals surface area (Å²) < 4.78 is 5.89. The third kappa shape index (κ3) is 4.06. The summed E-state index contributed by atoms with van der Waals surface area (Å²) in [6, 6.07) is 14.1. The standard InChI is InChI=1S/C19H20O2/c1-3-7-17-12-15(2)13-18(14-20)19(17)21-11-10-16-8-5-4-6-9-16/h3-6,8-9,12-14H,1,7,10-11H2,2H3. The van der Waals surface area contributed by atoms with E-state index in [1.165, 1.54) is 5.56 Å². The van der Waals surface area contributed by atoms with Crippen LogP contribution in [0.1, 0.15) is 27.0 Å². The molecule has 0 saturated carbocycles. The van der Waals surface area contributed by atoms with Gasteiger partial charge >= 0.3 is 0 Å². The van der Waals surface area contributed by atoms with Crippen molar-refractivity contribution in [3.63, 3.8) is 0 Å². The van der Waals surface area contributed by atoms with E-state index >= 15 is 0 Å². The Bertz CT molecular complexity index is 615. The van der Waals surface area contributed by atoms with E-state index in [-0.39, 0.29) is 0 Å². The van der Waals surface area contributed by atoms with Crippen molar-refractivity contribution in [2.24, 2.45) is 0 Å². The second-order valence-corrected chi connectivity index (χ2v) is 5.04. The summed E-state index contributed by atoms with van der Waals surface area (Å²) in [6.45, 7) is 6.30. The van der Waals surface area contributed by atoms with Crippen molar-refractivity contribution in [1.29, 1.82) is 0 Å². The predicted molar refractivity (Wildman–Crippen MR) is 86.1 cm³/mol. The summed E-state index contributed by atoms with van der Waals surface area (Å²) in [4.78, 5) is 11.3. The second-order valence-electron chi connectivity index (χ2n) is 5.04. The maximum absolute atomic E-state index is 11.3. The summed E-state index contributed by atoms with van der Waals surface area (Å²) in [5.74, 6) is 0.687. The van der Waals surface area contributed by atoms with E-state index in [1.54, 1.807) is 0 Å². The van der Waals surface area contributed by atoms with Crippen molar-refractivity contribution in [2.75, 3.05) is 6.61 Å². The van der Waals surface area contributed by atoms with Gasteiger partial charge in [0.25, 0.3) is 0 Å². The zero-order chi connectivity index (χ0) is 15.1. The minimum atomic E-state index is 0.554. The Morgan fingerprint density at radius 3 is 2.62 bits per heavy atom. The van der Waals surface area contributed by atoms with Crippen LogP contribution in [0.15, 0.2) is 55.1 Å². The molecule has 0 fully saturated rings. The van der Waals surface area contributed by atoms with Crippen LogP contribution in [0, 0.1) is 6.92 Å². The Morgan fingerprint density at radius 2 is 1.95 bits per heavy atom. The molecule has 21 heavy (non-hydrogen) atoms. The Balaban J connectivity index is 2.14. The van der Waals surface area contributed by atoms with Gasteiger partial charge in [-0.3, -0.25) is 4.79 Å². The fourth-order valence-electron chi connectivity index (χ4n) is 2.36. The van der Waals surface area contributed by atoms with E-state index in [9.17, 15) is 4.79 Å². The molecule has 0 amide bonds. The number of allylic oxidation sites excluding steroid dienone is 1. The summed E-state index contributed by atoms with van der Waals surface area (Å²) in [6.07, 6.45) is 4.20. The third-order valence-electron chi connectivity index (χ3n) is 3.31. The van der Waals surface area contributed by atoms with E-state index in [4.69, 9.17) is 4.74 Å². The van der Waals surface area contributed by atoms with Gasteiger partial charge < -0.3 is 4.74 Å². The number of carbonyl (C=O) groups is 1. The van der Waals surface area contributed by atoms with Gasteiger partial charge in [0.2, 0.25) is 0 Å². The van der Waals surface area contributed by atoms with Crippen molar-refractivity contribution >= 4 is 6.29 Å². The molecule has 0 N–H and O–H groups in total. The van der Waals surface area contributed by atoms with E-state index in [1.807, 2.05) is 43.3 Å². The van der Waals surface area contributed by atoms with Gasteiger partial charge in [0.15, 0.2) is 6.29 Å². The highest BCUT2D eigenvalue weighted by Crippen LogP contribution is 2.26. The molecule has 0 heterocycles. The van der Waals surface area contributed by atoms with Gasteiger partial charge in [-0.25, -0.2) is 0 Å². The summed E-state index contributed by atoms with van der Waals surface area (Å²) in [5, 5.41) is 0. The Labute approximate surface area is 126 Å². The lowest BCUT2D eigenvalue weighted by molar-refractivity contribution is 0.111. The Hall–Kier alpha value is -2.35. The molecule has 0 saturated heterocycles. The van der Waals surface area contributed by atoms with E-state index in [2.05, 4.69) is 18.7 Å². The number of ether oxygens (including phenoxy) is 1. The molecular formula is C19H20O2. The summed E-state index contributed by atoms with van der Waals surface area (Å²) in [7, 11) is 0. The molecular weight excluding hydrogens is 260 g/mol. The zero-order valence-corrected chi connectivity index (χ0v) is 12.3. The molecule has 0 radical (unpaired) electrons. The van der Waals surface area contributed by atoms with Gasteiger partial charge in [0.1, 0.15) is 5.75 Å². The number of hydrogen-bond donors (Lipinski definition) is 0. The number of hydrogen-bond acceptors (Lipinski definition) is 2. The number of benzene rings is 2. The predicted octanol–water partition coefficient (Wildman–Crippen LogP) is 4.16. The first-order valence-electron chi connectivity index (χ1n) is 7.11. The maximum Gasteiger partial charge on any atom is 0.153 e. The third-order valence-corrected chi connectivity index (χ3v) is 3.31. The van der Waals surface area contributed by atoms with Crippen molar-refractivity contribution in [2.45, 2.75) is 19.8 Å². The minimum Gasteiger partial charge on any atom is -0.492 e. The van der Waals surface area contributed by atoms with Crippen molar-refractivity contribution in [3.05, 3.63) is 77.4 Å².